The highest BCUT2D eigenvalue weighted by Crippen LogP contribution is 2.31. The third-order valence-electron chi connectivity index (χ3n) is 5.76. The fourth-order valence-electron chi connectivity index (χ4n) is 3.80. The molecule has 0 unspecified atom stereocenters. The average molecular weight is 583 g/mol. The first-order valence-corrected chi connectivity index (χ1v) is 13.9. The Bertz CT molecular complexity index is 1830. The number of amides is 1. The number of nitro benzene ring substituents is 1. The molecule has 0 aliphatic rings. The number of fused-ring (bicyclic) bond motifs is 1. The zero-order valence-corrected chi connectivity index (χ0v) is 22.2. The van der Waals surface area contributed by atoms with E-state index >= 15 is 0 Å². The summed E-state index contributed by atoms with van der Waals surface area (Å²) in [6.07, 6.45) is 0. The van der Waals surface area contributed by atoms with Gasteiger partial charge in [0.15, 0.2) is 5.76 Å². The summed E-state index contributed by atoms with van der Waals surface area (Å²) in [5, 5.41) is 16.9. The number of benzene rings is 3. The van der Waals surface area contributed by atoms with Crippen molar-refractivity contribution in [3.63, 3.8) is 0 Å². The third-order valence-corrected chi connectivity index (χ3v) is 7.97. The highest BCUT2D eigenvalue weighted by Gasteiger charge is 2.23. The molecule has 0 atom stereocenters. The van der Waals surface area contributed by atoms with Crippen molar-refractivity contribution in [2.75, 3.05) is 11.8 Å². The van der Waals surface area contributed by atoms with Crippen molar-refractivity contribution in [2.45, 2.75) is 11.4 Å². The number of non-ortho nitro benzene ring substituents is 1. The number of ether oxygens (including phenoxy) is 1. The van der Waals surface area contributed by atoms with Crippen LogP contribution < -0.4 is 14.8 Å². The Hall–Kier alpha value is -4.82. The number of thiazole rings is 1. The van der Waals surface area contributed by atoms with Crippen LogP contribution in [0.25, 0.3) is 22.4 Å². The minimum atomic E-state index is -4.39. The first-order valence-electron chi connectivity index (χ1n) is 11.5. The first-order chi connectivity index (χ1) is 19.1. The van der Waals surface area contributed by atoms with Gasteiger partial charge in [0, 0.05) is 22.9 Å². The van der Waals surface area contributed by atoms with Crippen LogP contribution in [0.4, 0.5) is 15.8 Å². The van der Waals surface area contributed by atoms with Crippen molar-refractivity contribution in [3.8, 4) is 17.2 Å². The molecule has 1 amide bonds. The molecule has 204 valence electrons. The largest absolute Gasteiger partial charge is 0.495 e. The van der Waals surface area contributed by atoms with Gasteiger partial charge in [-0.25, -0.2) is 17.8 Å². The molecule has 2 N–H and O–H groups in total. The van der Waals surface area contributed by atoms with Crippen molar-refractivity contribution < 1.29 is 31.7 Å². The van der Waals surface area contributed by atoms with Gasteiger partial charge >= 0.3 is 0 Å². The van der Waals surface area contributed by atoms with Gasteiger partial charge in [-0.15, -0.1) is 11.3 Å². The summed E-state index contributed by atoms with van der Waals surface area (Å²) in [6, 6.07) is 15.4. The van der Waals surface area contributed by atoms with E-state index in [4.69, 9.17) is 9.15 Å². The van der Waals surface area contributed by atoms with E-state index in [1.165, 1.54) is 24.5 Å². The van der Waals surface area contributed by atoms with Crippen LogP contribution in [0.3, 0.4) is 0 Å². The molecule has 0 saturated carbocycles. The quantitative estimate of drug-likeness (QED) is 0.174. The number of sulfonamides is 1. The smallest absolute Gasteiger partial charge is 0.271 e. The number of para-hydroxylation sites is 1. The number of nitro groups is 1. The Morgan fingerprint density at radius 2 is 1.95 bits per heavy atom. The molecule has 11 nitrogen and oxygen atoms in total. The Morgan fingerprint density at radius 3 is 2.70 bits per heavy atom. The standard InChI is InChI=1S/C26H19FN4O7S2/c1-37-23-9-6-16(31(33)34)11-20(23)30-40(35,36)17-7-8-19(27)18(12-17)26(32)28-13-25-29-21(14-39-25)24-10-15-4-2-3-5-22(15)38-24/h2-12,14,30H,13H2,1H3,(H,28,32). The summed E-state index contributed by atoms with van der Waals surface area (Å²) in [4.78, 5) is 27.2. The fourth-order valence-corrected chi connectivity index (χ4v) is 5.61. The van der Waals surface area contributed by atoms with Crippen LogP contribution in [0.2, 0.25) is 0 Å². The van der Waals surface area contributed by atoms with Gasteiger partial charge in [0.05, 0.1) is 34.7 Å². The van der Waals surface area contributed by atoms with Crippen molar-refractivity contribution >= 4 is 49.6 Å². The normalized spacial score (nSPS) is 11.3. The molecular formula is C26H19FN4O7S2. The lowest BCUT2D eigenvalue weighted by Crippen LogP contribution is -2.24. The molecule has 5 aromatic rings. The van der Waals surface area contributed by atoms with Crippen LogP contribution in [0.5, 0.6) is 5.75 Å². The summed E-state index contributed by atoms with van der Waals surface area (Å²) in [5.41, 5.74) is 0.207. The lowest BCUT2D eigenvalue weighted by molar-refractivity contribution is -0.384. The summed E-state index contributed by atoms with van der Waals surface area (Å²) >= 11 is 1.27. The second-order valence-corrected chi connectivity index (χ2v) is 11.0. The fraction of sp³-hybridized carbons (Fsp3) is 0.0769. The monoisotopic (exact) mass is 582 g/mol. The summed E-state index contributed by atoms with van der Waals surface area (Å²) < 4.78 is 53.6. The van der Waals surface area contributed by atoms with Gasteiger partial charge < -0.3 is 14.5 Å². The molecule has 14 heteroatoms. The van der Waals surface area contributed by atoms with E-state index in [1.54, 1.807) is 5.38 Å². The van der Waals surface area contributed by atoms with Crippen LogP contribution in [0.1, 0.15) is 15.4 Å². The molecule has 0 radical (unpaired) electrons. The SMILES string of the molecule is COc1ccc([N+](=O)[O-])cc1NS(=O)(=O)c1ccc(F)c(C(=O)NCc2nc(-c3cc4ccccc4o3)cs2)c1. The van der Waals surface area contributed by atoms with Crippen LogP contribution in [-0.2, 0) is 16.6 Å². The van der Waals surface area contributed by atoms with E-state index in [2.05, 4.69) is 15.0 Å². The van der Waals surface area contributed by atoms with Gasteiger partial charge in [-0.1, -0.05) is 18.2 Å². The molecule has 0 spiro atoms. The number of aromatic nitrogens is 1. The van der Waals surface area contributed by atoms with Gasteiger partial charge in [0.25, 0.3) is 21.6 Å². The van der Waals surface area contributed by atoms with Crippen LogP contribution in [-0.4, -0.2) is 31.3 Å². The molecule has 0 bridgehead atoms. The maximum atomic E-state index is 14.6. The maximum absolute atomic E-state index is 14.6. The first kappa shape index (κ1) is 26.8. The second kappa shape index (κ2) is 10.7. The number of rotatable bonds is 9. The van der Waals surface area contributed by atoms with Crippen molar-refractivity contribution in [3.05, 3.63) is 98.6 Å². The molecule has 2 heterocycles. The Kier molecular flexibility index (Phi) is 7.19. The molecule has 0 aliphatic carbocycles. The zero-order valence-electron chi connectivity index (χ0n) is 20.6. The number of nitrogens with one attached hydrogen (secondary N) is 2. The summed E-state index contributed by atoms with van der Waals surface area (Å²) in [5.74, 6) is -1.21. The molecule has 0 aliphatic heterocycles. The Balaban J connectivity index is 1.32. The van der Waals surface area contributed by atoms with Crippen molar-refractivity contribution in [1.29, 1.82) is 0 Å². The number of furan rings is 1. The number of nitrogens with zero attached hydrogens (tertiary/aromatic N) is 2. The molecular weight excluding hydrogens is 563 g/mol. The van der Waals surface area contributed by atoms with E-state index < -0.39 is 37.1 Å². The van der Waals surface area contributed by atoms with E-state index in [-0.39, 0.29) is 23.7 Å². The predicted molar refractivity (Wildman–Crippen MR) is 145 cm³/mol. The topological polar surface area (TPSA) is 154 Å². The van der Waals surface area contributed by atoms with Gasteiger partial charge in [-0.3, -0.25) is 19.6 Å². The van der Waals surface area contributed by atoms with Crippen molar-refractivity contribution in [1.82, 2.24) is 10.3 Å². The van der Waals surface area contributed by atoms with E-state index in [0.717, 1.165) is 35.7 Å². The molecule has 3 aromatic carbocycles. The van der Waals surface area contributed by atoms with Gasteiger partial charge in [-0.05, 0) is 36.4 Å². The lowest BCUT2D eigenvalue weighted by atomic mass is 10.2. The number of hydrogen-bond acceptors (Lipinski definition) is 9. The summed E-state index contributed by atoms with van der Waals surface area (Å²) in [6.45, 7) is -0.0384. The third kappa shape index (κ3) is 5.48. The Labute approximate surface area is 230 Å². The molecule has 2 aromatic heterocycles. The molecule has 5 rings (SSSR count). The van der Waals surface area contributed by atoms with Crippen molar-refractivity contribution in [2.24, 2.45) is 0 Å². The number of methoxy groups -OCH3 is 1. The van der Waals surface area contributed by atoms with E-state index in [0.29, 0.717) is 22.0 Å². The number of hydrogen-bond donors (Lipinski definition) is 2. The number of carbonyl (C=O) groups excluding carboxylic acids is 1. The predicted octanol–water partition coefficient (Wildman–Crippen LogP) is 5.34. The zero-order chi connectivity index (χ0) is 28.4. The van der Waals surface area contributed by atoms with Gasteiger partial charge in [-0.2, -0.15) is 0 Å². The molecule has 40 heavy (non-hydrogen) atoms. The van der Waals surface area contributed by atoms with Crippen LogP contribution in [0, 0.1) is 15.9 Å². The number of anilines is 1. The van der Waals surface area contributed by atoms with Gasteiger partial charge in [0.2, 0.25) is 0 Å². The second-order valence-electron chi connectivity index (χ2n) is 8.35. The highest BCUT2D eigenvalue weighted by molar-refractivity contribution is 7.92. The van der Waals surface area contributed by atoms with E-state index in [9.17, 15) is 27.7 Å². The maximum Gasteiger partial charge on any atom is 0.271 e. The number of carbonyl (C=O) groups is 1. The van der Waals surface area contributed by atoms with Crippen LogP contribution >= 0.6 is 11.3 Å². The minimum Gasteiger partial charge on any atom is -0.495 e. The minimum absolute atomic E-state index is 0.0275. The summed E-state index contributed by atoms with van der Waals surface area (Å²) in [7, 11) is -3.12. The number of halogens is 1. The van der Waals surface area contributed by atoms with E-state index in [1.807, 2.05) is 30.3 Å². The van der Waals surface area contributed by atoms with Crippen LogP contribution in [0.15, 0.2) is 81.4 Å². The molecule has 0 saturated heterocycles. The average Bonchev–Trinajstić information content (AvgIpc) is 3.58. The van der Waals surface area contributed by atoms with Gasteiger partial charge in [0.1, 0.15) is 27.9 Å². The lowest BCUT2D eigenvalue weighted by Gasteiger charge is -2.13. The Morgan fingerprint density at radius 1 is 1.15 bits per heavy atom. The highest BCUT2D eigenvalue weighted by atomic mass is 32.2. The molecule has 0 fully saturated rings.